The quantitative estimate of drug-likeness (QED) is 0.335. The van der Waals surface area contributed by atoms with E-state index < -0.39 is 18.5 Å². The SMILES string of the molecule is Cc1cccc(Oc2ccc(NC(=O)CCCC(=O)OCC(=O)Nc3cccc(Cl)c3C)cc2)c1. The Morgan fingerprint density at radius 1 is 0.829 bits per heavy atom. The summed E-state index contributed by atoms with van der Waals surface area (Å²) in [6.45, 7) is 3.36. The van der Waals surface area contributed by atoms with Crippen molar-refractivity contribution in [3.05, 3.63) is 82.9 Å². The third-order valence-electron chi connectivity index (χ3n) is 5.05. The summed E-state index contributed by atoms with van der Waals surface area (Å²) in [5.74, 6) is 0.167. The first-order chi connectivity index (χ1) is 16.8. The normalized spacial score (nSPS) is 10.4. The van der Waals surface area contributed by atoms with E-state index >= 15 is 0 Å². The number of hydrogen-bond acceptors (Lipinski definition) is 5. The molecule has 0 bridgehead atoms. The maximum Gasteiger partial charge on any atom is 0.306 e. The molecule has 0 saturated heterocycles. The average Bonchev–Trinajstić information content (AvgIpc) is 2.82. The molecule has 3 aromatic rings. The van der Waals surface area contributed by atoms with E-state index in [-0.39, 0.29) is 18.7 Å². The molecule has 7 nitrogen and oxygen atoms in total. The van der Waals surface area contributed by atoms with Gasteiger partial charge in [-0.1, -0.05) is 29.8 Å². The number of carbonyl (C=O) groups excluding carboxylic acids is 3. The standard InChI is InChI=1S/C27H27ClN2O5/c1-18-6-3-7-22(16-18)35-21-14-12-20(13-15-21)29-25(31)10-5-11-27(33)34-17-26(32)30-24-9-4-8-23(28)19(24)2/h3-4,6-9,12-16H,5,10-11,17H2,1-2H3,(H,29,31)(H,30,32). The number of esters is 1. The van der Waals surface area contributed by atoms with E-state index in [1.54, 1.807) is 49.4 Å². The molecule has 0 unspecified atom stereocenters. The van der Waals surface area contributed by atoms with Crippen molar-refractivity contribution in [3.63, 3.8) is 0 Å². The van der Waals surface area contributed by atoms with Gasteiger partial charge in [0.2, 0.25) is 5.91 Å². The van der Waals surface area contributed by atoms with Crippen molar-refractivity contribution < 1.29 is 23.9 Å². The van der Waals surface area contributed by atoms with Crippen LogP contribution in [0.25, 0.3) is 0 Å². The molecule has 2 amide bonds. The molecule has 3 aromatic carbocycles. The molecule has 0 aliphatic heterocycles. The van der Waals surface area contributed by atoms with Gasteiger partial charge in [-0.3, -0.25) is 14.4 Å². The van der Waals surface area contributed by atoms with Crippen LogP contribution in [0.1, 0.15) is 30.4 Å². The Bertz CT molecular complexity index is 1190. The van der Waals surface area contributed by atoms with Crippen LogP contribution in [0.15, 0.2) is 66.7 Å². The summed E-state index contributed by atoms with van der Waals surface area (Å²) in [6.07, 6.45) is 0.471. The van der Waals surface area contributed by atoms with Crippen LogP contribution in [-0.4, -0.2) is 24.4 Å². The lowest BCUT2D eigenvalue weighted by Gasteiger charge is -2.10. The van der Waals surface area contributed by atoms with E-state index in [4.69, 9.17) is 21.1 Å². The number of benzene rings is 3. The molecular weight excluding hydrogens is 468 g/mol. The number of halogens is 1. The smallest absolute Gasteiger partial charge is 0.306 e. The maximum absolute atomic E-state index is 12.2. The summed E-state index contributed by atoms with van der Waals surface area (Å²) in [6, 6.07) is 19.9. The van der Waals surface area contributed by atoms with Gasteiger partial charge in [0.25, 0.3) is 5.91 Å². The van der Waals surface area contributed by atoms with Crippen LogP contribution in [-0.2, 0) is 19.1 Å². The number of carbonyl (C=O) groups is 3. The topological polar surface area (TPSA) is 93.7 Å². The molecule has 2 N–H and O–H groups in total. The van der Waals surface area contributed by atoms with Crippen molar-refractivity contribution in [1.82, 2.24) is 0 Å². The number of rotatable bonds is 10. The number of hydrogen-bond donors (Lipinski definition) is 2. The highest BCUT2D eigenvalue weighted by Gasteiger charge is 2.11. The first-order valence-corrected chi connectivity index (χ1v) is 11.5. The van der Waals surface area contributed by atoms with E-state index in [2.05, 4.69) is 10.6 Å². The van der Waals surface area contributed by atoms with Crippen LogP contribution in [0.2, 0.25) is 5.02 Å². The zero-order chi connectivity index (χ0) is 25.2. The van der Waals surface area contributed by atoms with Crippen molar-refractivity contribution in [2.75, 3.05) is 17.2 Å². The van der Waals surface area contributed by atoms with E-state index in [1.165, 1.54) is 0 Å². The molecule has 0 spiro atoms. The molecule has 0 saturated carbocycles. The van der Waals surface area contributed by atoms with Crippen LogP contribution >= 0.6 is 11.6 Å². The van der Waals surface area contributed by atoms with Crippen LogP contribution in [0.5, 0.6) is 11.5 Å². The van der Waals surface area contributed by atoms with Crippen molar-refractivity contribution in [3.8, 4) is 11.5 Å². The summed E-state index contributed by atoms with van der Waals surface area (Å²) in [5.41, 5.74) is 3.02. The Hall–Kier alpha value is -3.84. The van der Waals surface area contributed by atoms with Gasteiger partial charge in [-0.15, -0.1) is 0 Å². The second kappa shape index (κ2) is 12.6. The van der Waals surface area contributed by atoms with Gasteiger partial charge in [0.05, 0.1) is 0 Å². The average molecular weight is 495 g/mol. The van der Waals surface area contributed by atoms with Crippen molar-refractivity contribution in [1.29, 1.82) is 0 Å². The molecule has 0 aliphatic rings. The highest BCUT2D eigenvalue weighted by Crippen LogP contribution is 2.24. The van der Waals surface area contributed by atoms with E-state index in [9.17, 15) is 14.4 Å². The highest BCUT2D eigenvalue weighted by molar-refractivity contribution is 6.31. The first kappa shape index (κ1) is 25.8. The Labute approximate surface area is 209 Å². The first-order valence-electron chi connectivity index (χ1n) is 11.1. The van der Waals surface area contributed by atoms with Gasteiger partial charge in [0.15, 0.2) is 6.61 Å². The van der Waals surface area contributed by atoms with Crippen molar-refractivity contribution in [2.45, 2.75) is 33.1 Å². The third-order valence-corrected chi connectivity index (χ3v) is 5.46. The van der Waals surface area contributed by atoms with Crippen molar-refractivity contribution in [2.24, 2.45) is 0 Å². The summed E-state index contributed by atoms with van der Waals surface area (Å²) < 4.78 is 10.8. The lowest BCUT2D eigenvalue weighted by molar-refractivity contribution is -0.147. The molecule has 0 atom stereocenters. The zero-order valence-electron chi connectivity index (χ0n) is 19.6. The predicted octanol–water partition coefficient (Wildman–Crippen LogP) is 6.04. The summed E-state index contributed by atoms with van der Waals surface area (Å²) >= 11 is 6.03. The Morgan fingerprint density at radius 2 is 1.57 bits per heavy atom. The highest BCUT2D eigenvalue weighted by atomic mass is 35.5. The number of ether oxygens (including phenoxy) is 2. The van der Waals surface area contributed by atoms with Crippen LogP contribution in [0.3, 0.4) is 0 Å². The largest absolute Gasteiger partial charge is 0.457 e. The predicted molar refractivity (Wildman–Crippen MR) is 136 cm³/mol. The van der Waals surface area contributed by atoms with Crippen LogP contribution in [0, 0.1) is 13.8 Å². The van der Waals surface area contributed by atoms with Crippen molar-refractivity contribution >= 4 is 40.8 Å². The van der Waals surface area contributed by atoms with E-state index in [0.29, 0.717) is 28.6 Å². The van der Waals surface area contributed by atoms with Gasteiger partial charge in [-0.2, -0.15) is 0 Å². The minimum atomic E-state index is -0.548. The number of amides is 2. The lowest BCUT2D eigenvalue weighted by atomic mass is 10.2. The monoisotopic (exact) mass is 494 g/mol. The fourth-order valence-corrected chi connectivity index (χ4v) is 3.36. The molecule has 0 heterocycles. The number of nitrogens with one attached hydrogen (secondary N) is 2. The Kier molecular flexibility index (Phi) is 9.26. The van der Waals surface area contributed by atoms with Gasteiger partial charge >= 0.3 is 5.97 Å². The molecule has 35 heavy (non-hydrogen) atoms. The van der Waals surface area contributed by atoms with E-state index in [1.807, 2.05) is 31.2 Å². The van der Waals surface area contributed by atoms with Gasteiger partial charge in [-0.25, -0.2) is 0 Å². The van der Waals surface area contributed by atoms with Gasteiger partial charge < -0.3 is 20.1 Å². The second-order valence-corrected chi connectivity index (χ2v) is 8.37. The minimum Gasteiger partial charge on any atom is -0.457 e. The second-order valence-electron chi connectivity index (χ2n) is 7.97. The number of anilines is 2. The molecule has 182 valence electrons. The fourth-order valence-electron chi connectivity index (χ4n) is 3.19. The van der Waals surface area contributed by atoms with Gasteiger partial charge in [0.1, 0.15) is 11.5 Å². The number of aryl methyl sites for hydroxylation is 1. The Balaban J connectivity index is 1.34. The molecule has 3 rings (SSSR count). The summed E-state index contributed by atoms with van der Waals surface area (Å²) in [4.78, 5) is 36.1. The van der Waals surface area contributed by atoms with Gasteiger partial charge in [-0.05, 0) is 79.9 Å². The lowest BCUT2D eigenvalue weighted by Crippen LogP contribution is -2.21. The molecule has 0 fully saturated rings. The molecule has 0 aromatic heterocycles. The van der Waals surface area contributed by atoms with Gasteiger partial charge in [0, 0.05) is 29.2 Å². The minimum absolute atomic E-state index is 0.0279. The fraction of sp³-hybridized carbons (Fsp3) is 0.222. The molecule has 0 aliphatic carbocycles. The third kappa shape index (κ3) is 8.46. The molecular formula is C27H27ClN2O5. The van der Waals surface area contributed by atoms with E-state index in [0.717, 1.165) is 16.9 Å². The van der Waals surface area contributed by atoms with Crippen LogP contribution in [0.4, 0.5) is 11.4 Å². The molecule has 0 radical (unpaired) electrons. The maximum atomic E-state index is 12.2. The van der Waals surface area contributed by atoms with Crippen LogP contribution < -0.4 is 15.4 Å². The summed E-state index contributed by atoms with van der Waals surface area (Å²) in [5, 5.41) is 5.97. The molecule has 8 heteroatoms. The zero-order valence-corrected chi connectivity index (χ0v) is 20.4. The Morgan fingerprint density at radius 3 is 2.31 bits per heavy atom. The summed E-state index contributed by atoms with van der Waals surface area (Å²) in [7, 11) is 0.